The van der Waals surface area contributed by atoms with Crippen LogP contribution >= 0.6 is 0 Å². The molecule has 31 heavy (non-hydrogen) atoms. The van der Waals surface area contributed by atoms with E-state index in [1.54, 1.807) is 0 Å². The van der Waals surface area contributed by atoms with Gasteiger partial charge in [0.25, 0.3) is 5.91 Å². The van der Waals surface area contributed by atoms with Gasteiger partial charge in [-0.05, 0) is 63.4 Å². The first-order chi connectivity index (χ1) is 15.0. The lowest BCUT2D eigenvalue weighted by Crippen LogP contribution is -2.28. The molecule has 1 fully saturated rings. The topological polar surface area (TPSA) is 67.2 Å². The van der Waals surface area contributed by atoms with Crippen molar-refractivity contribution in [1.82, 2.24) is 14.7 Å². The van der Waals surface area contributed by atoms with Gasteiger partial charge in [-0.2, -0.15) is 5.10 Å². The fourth-order valence-electron chi connectivity index (χ4n) is 4.20. The summed E-state index contributed by atoms with van der Waals surface area (Å²) in [6.45, 7) is 7.41. The number of hydrogen-bond acceptors (Lipinski definition) is 3. The van der Waals surface area contributed by atoms with Crippen LogP contribution in [0.25, 0.3) is 5.69 Å². The minimum Gasteiger partial charge on any atom is -0.339 e. The molecule has 160 valence electrons. The third-order valence-corrected chi connectivity index (χ3v) is 6.01. The third kappa shape index (κ3) is 4.24. The van der Waals surface area contributed by atoms with Crippen LogP contribution in [0.3, 0.4) is 0 Å². The molecule has 3 aromatic rings. The maximum Gasteiger partial charge on any atom is 0.254 e. The standard InChI is InChI=1S/C25H28N4O2/c1-17-21(25(31)28-14-7-8-15-28)12-9-13-23(17)26-24(30)16-22-18(2)27-29(19(22)3)20-10-5-4-6-11-20/h4-6,9-13H,7-8,14-16H2,1-3H3,(H,26,30). The molecular weight excluding hydrogens is 388 g/mol. The predicted octanol–water partition coefficient (Wildman–Crippen LogP) is 4.21. The fraction of sp³-hybridized carbons (Fsp3) is 0.320. The number of benzene rings is 2. The van der Waals surface area contributed by atoms with Crippen LogP contribution < -0.4 is 5.32 Å². The molecular formula is C25H28N4O2. The van der Waals surface area contributed by atoms with Crippen molar-refractivity contribution in [3.05, 3.63) is 76.6 Å². The summed E-state index contributed by atoms with van der Waals surface area (Å²) < 4.78 is 1.87. The zero-order chi connectivity index (χ0) is 22.0. The number of carbonyl (C=O) groups excluding carboxylic acids is 2. The van der Waals surface area contributed by atoms with Gasteiger partial charge in [0, 0.05) is 35.6 Å². The van der Waals surface area contributed by atoms with Crippen LogP contribution in [0.4, 0.5) is 5.69 Å². The van der Waals surface area contributed by atoms with Crippen molar-refractivity contribution < 1.29 is 9.59 Å². The van der Waals surface area contributed by atoms with E-state index >= 15 is 0 Å². The van der Waals surface area contributed by atoms with Crippen LogP contribution in [-0.2, 0) is 11.2 Å². The van der Waals surface area contributed by atoms with Gasteiger partial charge in [-0.15, -0.1) is 0 Å². The molecule has 2 amide bonds. The number of anilines is 1. The highest BCUT2D eigenvalue weighted by atomic mass is 16.2. The Morgan fingerprint density at radius 2 is 1.68 bits per heavy atom. The molecule has 6 heteroatoms. The molecule has 0 spiro atoms. The number of carbonyl (C=O) groups is 2. The summed E-state index contributed by atoms with van der Waals surface area (Å²) in [4.78, 5) is 27.6. The SMILES string of the molecule is Cc1nn(-c2ccccc2)c(C)c1CC(=O)Nc1cccc(C(=O)N2CCCC2)c1C. The normalized spacial score (nSPS) is 13.5. The van der Waals surface area contributed by atoms with Crippen LogP contribution in [-0.4, -0.2) is 39.6 Å². The molecule has 1 N–H and O–H groups in total. The molecule has 2 heterocycles. The number of aromatic nitrogens is 2. The van der Waals surface area contributed by atoms with Crippen molar-refractivity contribution in [3.8, 4) is 5.69 Å². The Kier molecular flexibility index (Phi) is 5.89. The van der Waals surface area contributed by atoms with Gasteiger partial charge < -0.3 is 10.2 Å². The Morgan fingerprint density at radius 3 is 2.39 bits per heavy atom. The lowest BCUT2D eigenvalue weighted by Gasteiger charge is -2.18. The van der Waals surface area contributed by atoms with Gasteiger partial charge in [0.2, 0.25) is 5.91 Å². The Bertz CT molecular complexity index is 1110. The summed E-state index contributed by atoms with van der Waals surface area (Å²) in [6, 6.07) is 15.4. The molecule has 0 atom stereocenters. The zero-order valence-electron chi connectivity index (χ0n) is 18.3. The smallest absolute Gasteiger partial charge is 0.254 e. The van der Waals surface area contributed by atoms with E-state index in [0.29, 0.717) is 11.3 Å². The van der Waals surface area contributed by atoms with E-state index < -0.39 is 0 Å². The zero-order valence-corrected chi connectivity index (χ0v) is 18.3. The lowest BCUT2D eigenvalue weighted by atomic mass is 10.0. The monoisotopic (exact) mass is 416 g/mol. The van der Waals surface area contributed by atoms with Gasteiger partial charge in [0.1, 0.15) is 0 Å². The molecule has 0 unspecified atom stereocenters. The van der Waals surface area contributed by atoms with Gasteiger partial charge in [0.15, 0.2) is 0 Å². The number of para-hydroxylation sites is 1. The largest absolute Gasteiger partial charge is 0.339 e. The summed E-state index contributed by atoms with van der Waals surface area (Å²) in [5.74, 6) is -0.0744. The molecule has 1 aliphatic heterocycles. The van der Waals surface area contributed by atoms with Crippen molar-refractivity contribution in [2.75, 3.05) is 18.4 Å². The maximum atomic E-state index is 12.9. The summed E-state index contributed by atoms with van der Waals surface area (Å²) in [5, 5.41) is 7.63. The van der Waals surface area contributed by atoms with Crippen molar-refractivity contribution in [1.29, 1.82) is 0 Å². The van der Waals surface area contributed by atoms with Gasteiger partial charge in [-0.1, -0.05) is 24.3 Å². The van der Waals surface area contributed by atoms with E-state index in [2.05, 4.69) is 10.4 Å². The Labute approximate surface area is 182 Å². The number of nitrogens with one attached hydrogen (secondary N) is 1. The third-order valence-electron chi connectivity index (χ3n) is 6.01. The minimum atomic E-state index is -0.118. The summed E-state index contributed by atoms with van der Waals surface area (Å²) >= 11 is 0. The summed E-state index contributed by atoms with van der Waals surface area (Å²) in [6.07, 6.45) is 2.33. The van der Waals surface area contributed by atoms with E-state index in [1.165, 1.54) is 0 Å². The fourth-order valence-corrected chi connectivity index (χ4v) is 4.20. The highest BCUT2D eigenvalue weighted by Crippen LogP contribution is 2.23. The molecule has 0 saturated carbocycles. The average Bonchev–Trinajstić information content (AvgIpc) is 3.40. The second kappa shape index (κ2) is 8.76. The minimum absolute atomic E-state index is 0.0434. The van der Waals surface area contributed by atoms with E-state index in [1.807, 2.05) is 78.9 Å². The molecule has 1 aromatic heterocycles. The second-order valence-corrected chi connectivity index (χ2v) is 8.10. The van der Waals surface area contributed by atoms with Crippen LogP contribution in [0.2, 0.25) is 0 Å². The molecule has 1 aliphatic rings. The van der Waals surface area contributed by atoms with E-state index in [4.69, 9.17) is 0 Å². The summed E-state index contributed by atoms with van der Waals surface area (Å²) in [5.41, 5.74) is 5.83. The highest BCUT2D eigenvalue weighted by molar-refractivity contribution is 5.99. The number of hydrogen-bond donors (Lipinski definition) is 1. The number of rotatable bonds is 5. The van der Waals surface area contributed by atoms with Gasteiger partial charge in [-0.3, -0.25) is 9.59 Å². The van der Waals surface area contributed by atoms with Crippen molar-refractivity contribution >= 4 is 17.5 Å². The first-order valence-electron chi connectivity index (χ1n) is 10.7. The van der Waals surface area contributed by atoms with Gasteiger partial charge in [-0.25, -0.2) is 4.68 Å². The Hall–Kier alpha value is -3.41. The average molecular weight is 417 g/mol. The molecule has 0 radical (unpaired) electrons. The Balaban J connectivity index is 1.52. The van der Waals surface area contributed by atoms with E-state index in [0.717, 1.165) is 54.1 Å². The molecule has 4 rings (SSSR count). The van der Waals surface area contributed by atoms with Crippen LogP contribution in [0, 0.1) is 20.8 Å². The highest BCUT2D eigenvalue weighted by Gasteiger charge is 2.22. The maximum absolute atomic E-state index is 12.9. The number of aryl methyl sites for hydroxylation is 1. The second-order valence-electron chi connectivity index (χ2n) is 8.10. The quantitative estimate of drug-likeness (QED) is 0.677. The number of likely N-dealkylation sites (tertiary alicyclic amines) is 1. The van der Waals surface area contributed by atoms with Gasteiger partial charge in [0.05, 0.1) is 17.8 Å². The molecule has 1 saturated heterocycles. The van der Waals surface area contributed by atoms with Crippen LogP contribution in [0.15, 0.2) is 48.5 Å². The van der Waals surface area contributed by atoms with Gasteiger partial charge >= 0.3 is 0 Å². The van der Waals surface area contributed by atoms with Crippen molar-refractivity contribution in [2.24, 2.45) is 0 Å². The Morgan fingerprint density at radius 1 is 0.968 bits per heavy atom. The van der Waals surface area contributed by atoms with Crippen LogP contribution in [0.5, 0.6) is 0 Å². The molecule has 2 aromatic carbocycles. The molecule has 0 bridgehead atoms. The number of nitrogens with zero attached hydrogens (tertiary/aromatic N) is 3. The first-order valence-corrected chi connectivity index (χ1v) is 10.7. The van der Waals surface area contributed by atoms with Crippen LogP contribution in [0.1, 0.15) is 45.7 Å². The molecule has 6 nitrogen and oxygen atoms in total. The summed E-state index contributed by atoms with van der Waals surface area (Å²) in [7, 11) is 0. The predicted molar refractivity (Wildman–Crippen MR) is 122 cm³/mol. The van der Waals surface area contributed by atoms with Crippen molar-refractivity contribution in [3.63, 3.8) is 0 Å². The molecule has 0 aliphatic carbocycles. The number of amides is 2. The van der Waals surface area contributed by atoms with E-state index in [-0.39, 0.29) is 18.2 Å². The lowest BCUT2D eigenvalue weighted by molar-refractivity contribution is -0.115. The van der Waals surface area contributed by atoms with E-state index in [9.17, 15) is 9.59 Å². The van der Waals surface area contributed by atoms with Crippen molar-refractivity contribution in [2.45, 2.75) is 40.0 Å². The first kappa shape index (κ1) is 20.8.